The van der Waals surface area contributed by atoms with Crippen LogP contribution in [0, 0.1) is 0 Å². The molecule has 2 aromatic rings. The van der Waals surface area contributed by atoms with Gasteiger partial charge in [0.05, 0.1) is 10.6 Å². The maximum absolute atomic E-state index is 4.05. The highest BCUT2D eigenvalue weighted by Crippen LogP contribution is 2.23. The Hall–Kier alpha value is -1.67. The molecule has 1 heterocycles. The van der Waals surface area contributed by atoms with E-state index in [1.165, 1.54) is 0 Å². The molecule has 0 saturated heterocycles. The molecule has 0 atom stereocenters. The van der Waals surface area contributed by atoms with E-state index in [1.54, 1.807) is 11.3 Å². The van der Waals surface area contributed by atoms with Crippen LogP contribution < -0.4 is 0 Å². The van der Waals surface area contributed by atoms with E-state index < -0.39 is 0 Å². The zero-order chi connectivity index (χ0) is 10.5. The minimum absolute atomic E-state index is 0.927. The first kappa shape index (κ1) is 9.87. The molecule has 2 heteroatoms. The van der Waals surface area contributed by atoms with Crippen molar-refractivity contribution < 1.29 is 0 Å². The van der Waals surface area contributed by atoms with E-state index in [-0.39, 0.29) is 0 Å². The molecule has 2 rings (SSSR count). The highest BCUT2D eigenvalue weighted by Gasteiger charge is 1.99. The first-order chi connectivity index (χ1) is 7.40. The maximum Gasteiger partial charge on any atom is 0.0800 e. The van der Waals surface area contributed by atoms with Crippen LogP contribution >= 0.6 is 11.3 Å². The van der Waals surface area contributed by atoms with Crippen molar-refractivity contribution in [1.82, 2.24) is 0 Å². The molecule has 0 saturated carbocycles. The smallest absolute Gasteiger partial charge is 0.0800 e. The number of rotatable bonds is 3. The SMILES string of the molecule is C=N/C(=C\c1ccccc1)c1cccs1. The quantitative estimate of drug-likeness (QED) is 0.685. The molecule has 0 aliphatic heterocycles. The Balaban J connectivity index is 2.36. The molecular weight excluding hydrogens is 202 g/mol. The van der Waals surface area contributed by atoms with E-state index in [4.69, 9.17) is 0 Å². The topological polar surface area (TPSA) is 12.4 Å². The minimum Gasteiger partial charge on any atom is -0.263 e. The standard InChI is InChI=1S/C13H11NS/c1-14-12(13-8-5-9-15-13)10-11-6-3-2-4-7-11/h2-10H,1H2/b12-10-. The van der Waals surface area contributed by atoms with Gasteiger partial charge in [-0.3, -0.25) is 4.99 Å². The molecule has 0 radical (unpaired) electrons. The van der Waals surface area contributed by atoms with Gasteiger partial charge in [0.2, 0.25) is 0 Å². The molecule has 0 bridgehead atoms. The third-order valence-corrected chi connectivity index (χ3v) is 2.94. The normalized spacial score (nSPS) is 11.3. The van der Waals surface area contributed by atoms with Gasteiger partial charge in [-0.1, -0.05) is 36.4 Å². The highest BCUT2D eigenvalue weighted by atomic mass is 32.1. The average molecular weight is 213 g/mol. The fourth-order valence-corrected chi connectivity index (χ4v) is 2.03. The van der Waals surface area contributed by atoms with E-state index in [0.717, 1.165) is 16.1 Å². The van der Waals surface area contributed by atoms with Crippen molar-refractivity contribution in [2.75, 3.05) is 0 Å². The summed E-state index contributed by atoms with van der Waals surface area (Å²) in [7, 11) is 0. The van der Waals surface area contributed by atoms with E-state index >= 15 is 0 Å². The summed E-state index contributed by atoms with van der Waals surface area (Å²) in [5.74, 6) is 0. The van der Waals surface area contributed by atoms with Gasteiger partial charge in [-0.2, -0.15) is 0 Å². The summed E-state index contributed by atoms with van der Waals surface area (Å²) in [6, 6.07) is 14.2. The third-order valence-electron chi connectivity index (χ3n) is 2.05. The van der Waals surface area contributed by atoms with Gasteiger partial charge < -0.3 is 0 Å². The Morgan fingerprint density at radius 2 is 1.93 bits per heavy atom. The van der Waals surface area contributed by atoms with Crippen LogP contribution in [-0.4, -0.2) is 6.72 Å². The molecule has 1 nitrogen and oxygen atoms in total. The zero-order valence-electron chi connectivity index (χ0n) is 8.26. The number of benzene rings is 1. The highest BCUT2D eigenvalue weighted by molar-refractivity contribution is 7.11. The molecular formula is C13H11NS. The number of hydrogen-bond donors (Lipinski definition) is 0. The zero-order valence-corrected chi connectivity index (χ0v) is 9.08. The van der Waals surface area contributed by atoms with Crippen molar-refractivity contribution in [1.29, 1.82) is 0 Å². The van der Waals surface area contributed by atoms with Crippen LogP contribution in [0.25, 0.3) is 11.8 Å². The van der Waals surface area contributed by atoms with Gasteiger partial charge in [0.1, 0.15) is 0 Å². The molecule has 0 fully saturated rings. The van der Waals surface area contributed by atoms with Crippen molar-refractivity contribution in [3.63, 3.8) is 0 Å². The van der Waals surface area contributed by atoms with Gasteiger partial charge in [-0.25, -0.2) is 0 Å². The summed E-state index contributed by atoms with van der Waals surface area (Å²) in [6.07, 6.45) is 2.04. The molecule has 0 aliphatic rings. The van der Waals surface area contributed by atoms with Crippen molar-refractivity contribution in [2.24, 2.45) is 4.99 Å². The summed E-state index contributed by atoms with van der Waals surface area (Å²) >= 11 is 1.67. The monoisotopic (exact) mass is 213 g/mol. The van der Waals surface area contributed by atoms with Gasteiger partial charge in [0.25, 0.3) is 0 Å². The van der Waals surface area contributed by atoms with E-state index in [2.05, 4.69) is 23.8 Å². The van der Waals surface area contributed by atoms with Gasteiger partial charge in [0, 0.05) is 0 Å². The number of aliphatic imine (C=N–C) groups is 1. The Bertz CT molecular complexity index is 455. The second kappa shape index (κ2) is 4.71. The molecule has 1 aromatic heterocycles. The lowest BCUT2D eigenvalue weighted by molar-refractivity contribution is 1.61. The summed E-state index contributed by atoms with van der Waals surface area (Å²) in [6.45, 7) is 3.60. The molecule has 0 amide bonds. The molecule has 0 unspecified atom stereocenters. The predicted molar refractivity (Wildman–Crippen MR) is 68.2 cm³/mol. The van der Waals surface area contributed by atoms with Crippen LogP contribution in [0.3, 0.4) is 0 Å². The van der Waals surface area contributed by atoms with E-state index in [9.17, 15) is 0 Å². The molecule has 0 N–H and O–H groups in total. The van der Waals surface area contributed by atoms with Gasteiger partial charge in [-0.05, 0) is 29.8 Å². The Labute approximate surface area is 93.4 Å². The van der Waals surface area contributed by atoms with Crippen molar-refractivity contribution >= 4 is 29.8 Å². The Kier molecular flexibility index (Phi) is 3.10. The lowest BCUT2D eigenvalue weighted by Gasteiger charge is -1.97. The average Bonchev–Trinajstić information content (AvgIpc) is 2.81. The number of nitrogens with zero attached hydrogens (tertiary/aromatic N) is 1. The lowest BCUT2D eigenvalue weighted by atomic mass is 10.2. The van der Waals surface area contributed by atoms with Gasteiger partial charge in [-0.15, -0.1) is 11.3 Å². The van der Waals surface area contributed by atoms with Crippen molar-refractivity contribution in [3.8, 4) is 0 Å². The lowest BCUT2D eigenvalue weighted by Crippen LogP contribution is -1.75. The maximum atomic E-state index is 4.05. The van der Waals surface area contributed by atoms with Crippen LogP contribution in [0.15, 0.2) is 52.8 Å². The second-order valence-electron chi connectivity index (χ2n) is 3.08. The number of hydrogen-bond acceptors (Lipinski definition) is 2. The van der Waals surface area contributed by atoms with E-state index in [0.29, 0.717) is 0 Å². The Morgan fingerprint density at radius 3 is 2.53 bits per heavy atom. The van der Waals surface area contributed by atoms with Crippen LogP contribution in [0.4, 0.5) is 0 Å². The van der Waals surface area contributed by atoms with Crippen LogP contribution in [-0.2, 0) is 0 Å². The first-order valence-electron chi connectivity index (χ1n) is 4.67. The Morgan fingerprint density at radius 1 is 1.13 bits per heavy atom. The van der Waals surface area contributed by atoms with Gasteiger partial charge >= 0.3 is 0 Å². The fraction of sp³-hybridized carbons (Fsp3) is 0. The van der Waals surface area contributed by atoms with Crippen LogP contribution in [0.2, 0.25) is 0 Å². The van der Waals surface area contributed by atoms with Crippen LogP contribution in [0.1, 0.15) is 10.4 Å². The second-order valence-corrected chi connectivity index (χ2v) is 4.02. The van der Waals surface area contributed by atoms with E-state index in [1.807, 2.05) is 41.8 Å². The number of thiophene rings is 1. The predicted octanol–water partition coefficient (Wildman–Crippen LogP) is 3.95. The fourth-order valence-electron chi connectivity index (χ4n) is 1.33. The summed E-state index contributed by atoms with van der Waals surface area (Å²) in [5, 5.41) is 2.04. The molecule has 74 valence electrons. The first-order valence-corrected chi connectivity index (χ1v) is 5.55. The molecule has 15 heavy (non-hydrogen) atoms. The third kappa shape index (κ3) is 2.42. The largest absolute Gasteiger partial charge is 0.263 e. The summed E-state index contributed by atoms with van der Waals surface area (Å²) in [5.41, 5.74) is 2.07. The van der Waals surface area contributed by atoms with Gasteiger partial charge in [0.15, 0.2) is 0 Å². The molecule has 0 spiro atoms. The summed E-state index contributed by atoms with van der Waals surface area (Å²) < 4.78 is 0. The van der Waals surface area contributed by atoms with Crippen LogP contribution in [0.5, 0.6) is 0 Å². The minimum atomic E-state index is 0.927. The van der Waals surface area contributed by atoms with Crippen molar-refractivity contribution in [2.45, 2.75) is 0 Å². The van der Waals surface area contributed by atoms with Crippen molar-refractivity contribution in [3.05, 3.63) is 58.3 Å². The molecule has 1 aromatic carbocycles. The molecule has 0 aliphatic carbocycles. The summed E-state index contributed by atoms with van der Waals surface area (Å²) in [4.78, 5) is 5.19.